The summed E-state index contributed by atoms with van der Waals surface area (Å²) in [5, 5.41) is 3.44. The highest BCUT2D eigenvalue weighted by atomic mass is 16.5. The quantitative estimate of drug-likeness (QED) is 0.461. The molecule has 1 heterocycles. The van der Waals surface area contributed by atoms with Crippen LogP contribution in [0.3, 0.4) is 0 Å². The summed E-state index contributed by atoms with van der Waals surface area (Å²) in [6.45, 7) is 1.79. The molecule has 0 saturated carbocycles. The van der Waals surface area contributed by atoms with Gasteiger partial charge in [-0.3, -0.25) is 14.2 Å². The number of amides is 1. The summed E-state index contributed by atoms with van der Waals surface area (Å²) in [5.74, 6) is 1.68. The lowest BCUT2D eigenvalue weighted by Gasteiger charge is -2.15. The number of rotatable bonds is 7. The van der Waals surface area contributed by atoms with Gasteiger partial charge < -0.3 is 14.8 Å². The summed E-state index contributed by atoms with van der Waals surface area (Å²) < 4.78 is 12.2. The number of hydrogen-bond acceptors (Lipinski definition) is 5. The highest BCUT2D eigenvalue weighted by molar-refractivity contribution is 5.92. The zero-order valence-corrected chi connectivity index (χ0v) is 18.8. The van der Waals surface area contributed by atoms with Crippen LogP contribution < -0.4 is 20.3 Å². The Balaban J connectivity index is 1.54. The fourth-order valence-electron chi connectivity index (χ4n) is 3.73. The largest absolute Gasteiger partial charge is 0.497 e. The van der Waals surface area contributed by atoms with Crippen LogP contribution in [0.15, 0.2) is 71.5 Å². The first-order valence-electron chi connectivity index (χ1n) is 10.6. The average molecular weight is 444 g/mol. The summed E-state index contributed by atoms with van der Waals surface area (Å²) >= 11 is 0. The number of benzene rings is 3. The predicted molar refractivity (Wildman–Crippen MR) is 129 cm³/mol. The van der Waals surface area contributed by atoms with E-state index < -0.39 is 0 Å². The van der Waals surface area contributed by atoms with E-state index in [-0.39, 0.29) is 11.5 Å². The van der Waals surface area contributed by atoms with Crippen LogP contribution in [-0.2, 0) is 11.2 Å². The number of anilines is 1. The number of aryl methyl sites for hydroxylation is 2. The van der Waals surface area contributed by atoms with Crippen LogP contribution in [-0.4, -0.2) is 29.7 Å². The van der Waals surface area contributed by atoms with E-state index in [0.717, 1.165) is 11.3 Å². The number of carbonyl (C=O) groups excluding carboxylic acids is 1. The molecule has 0 aliphatic heterocycles. The Morgan fingerprint density at radius 2 is 1.76 bits per heavy atom. The normalized spacial score (nSPS) is 10.8. The molecule has 1 amide bonds. The maximum Gasteiger partial charge on any atom is 0.265 e. The van der Waals surface area contributed by atoms with E-state index in [0.29, 0.717) is 46.7 Å². The van der Waals surface area contributed by atoms with Crippen LogP contribution in [0.5, 0.6) is 11.5 Å². The van der Waals surface area contributed by atoms with E-state index in [1.165, 1.54) is 7.11 Å². The second kappa shape index (κ2) is 9.56. The molecule has 0 saturated heterocycles. The van der Waals surface area contributed by atoms with Crippen molar-refractivity contribution in [3.8, 4) is 17.2 Å². The van der Waals surface area contributed by atoms with Crippen LogP contribution in [0.2, 0.25) is 0 Å². The van der Waals surface area contributed by atoms with Crippen molar-refractivity contribution in [1.29, 1.82) is 0 Å². The van der Waals surface area contributed by atoms with Gasteiger partial charge in [0.25, 0.3) is 5.56 Å². The Morgan fingerprint density at radius 1 is 1.00 bits per heavy atom. The molecule has 0 aliphatic carbocycles. The second-order valence-corrected chi connectivity index (χ2v) is 7.60. The number of fused-ring (bicyclic) bond motifs is 1. The van der Waals surface area contributed by atoms with Crippen molar-refractivity contribution in [3.05, 3.63) is 88.5 Å². The third-order valence-corrected chi connectivity index (χ3v) is 5.46. The van der Waals surface area contributed by atoms with Gasteiger partial charge in [-0.1, -0.05) is 24.3 Å². The van der Waals surface area contributed by atoms with Crippen molar-refractivity contribution >= 4 is 22.5 Å². The van der Waals surface area contributed by atoms with E-state index in [9.17, 15) is 9.59 Å². The first kappa shape index (κ1) is 22.1. The zero-order valence-electron chi connectivity index (χ0n) is 18.8. The van der Waals surface area contributed by atoms with Gasteiger partial charge in [-0.25, -0.2) is 4.98 Å². The van der Waals surface area contributed by atoms with Crippen molar-refractivity contribution < 1.29 is 14.3 Å². The molecule has 0 bridgehead atoms. The second-order valence-electron chi connectivity index (χ2n) is 7.60. The Hall–Kier alpha value is -4.13. The molecule has 168 valence electrons. The Kier molecular flexibility index (Phi) is 6.40. The number of nitrogens with one attached hydrogen (secondary N) is 1. The van der Waals surface area contributed by atoms with Crippen molar-refractivity contribution in [2.24, 2.45) is 0 Å². The van der Waals surface area contributed by atoms with E-state index in [4.69, 9.17) is 9.47 Å². The molecule has 0 atom stereocenters. The van der Waals surface area contributed by atoms with Crippen molar-refractivity contribution in [2.75, 3.05) is 19.5 Å². The fraction of sp³-hybridized carbons (Fsp3) is 0.192. The smallest absolute Gasteiger partial charge is 0.265 e. The number of hydrogen-bond donors (Lipinski definition) is 1. The number of aromatic nitrogens is 2. The van der Waals surface area contributed by atoms with E-state index in [2.05, 4.69) is 10.3 Å². The maximum atomic E-state index is 13.1. The third kappa shape index (κ3) is 4.72. The summed E-state index contributed by atoms with van der Waals surface area (Å²) in [6.07, 6.45) is 0.929. The van der Waals surface area contributed by atoms with E-state index in [1.54, 1.807) is 42.9 Å². The van der Waals surface area contributed by atoms with E-state index in [1.807, 2.05) is 42.5 Å². The van der Waals surface area contributed by atoms with Crippen LogP contribution in [0, 0.1) is 6.92 Å². The average Bonchev–Trinajstić information content (AvgIpc) is 2.84. The molecule has 0 fully saturated rings. The molecular weight excluding hydrogens is 418 g/mol. The number of nitrogens with zero attached hydrogens (tertiary/aromatic N) is 2. The minimum Gasteiger partial charge on any atom is -0.497 e. The fourth-order valence-corrected chi connectivity index (χ4v) is 3.73. The molecule has 7 nitrogen and oxygen atoms in total. The van der Waals surface area contributed by atoms with Crippen molar-refractivity contribution in [1.82, 2.24) is 9.55 Å². The lowest BCUT2D eigenvalue weighted by Crippen LogP contribution is -2.22. The molecule has 33 heavy (non-hydrogen) atoms. The first-order valence-corrected chi connectivity index (χ1v) is 10.6. The molecule has 7 heteroatoms. The molecule has 4 rings (SSSR count). The molecule has 4 aromatic rings. The zero-order chi connectivity index (χ0) is 23.4. The van der Waals surface area contributed by atoms with Gasteiger partial charge in [-0.05, 0) is 55.3 Å². The molecule has 3 aromatic carbocycles. The highest BCUT2D eigenvalue weighted by Crippen LogP contribution is 2.28. The van der Waals surface area contributed by atoms with Crippen LogP contribution in [0.1, 0.15) is 17.8 Å². The SMILES string of the molecule is COc1ccc(CCC(=O)Nc2ccc(-n3c(C)nc4ccccc4c3=O)cc2OC)cc1. The molecule has 0 unspecified atom stereocenters. The lowest BCUT2D eigenvalue weighted by atomic mass is 10.1. The molecule has 1 aromatic heterocycles. The maximum absolute atomic E-state index is 13.1. The van der Waals surface area contributed by atoms with Gasteiger partial charge in [0, 0.05) is 12.5 Å². The number of ether oxygens (including phenoxy) is 2. The first-order chi connectivity index (χ1) is 16.0. The minimum atomic E-state index is -0.156. The van der Waals surface area contributed by atoms with Gasteiger partial charge in [0.1, 0.15) is 17.3 Å². The van der Waals surface area contributed by atoms with Crippen LogP contribution in [0.25, 0.3) is 16.6 Å². The summed E-state index contributed by atoms with van der Waals surface area (Å²) in [6, 6.07) is 20.1. The van der Waals surface area contributed by atoms with Gasteiger partial charge in [-0.15, -0.1) is 0 Å². The minimum absolute atomic E-state index is 0.127. The monoisotopic (exact) mass is 443 g/mol. The van der Waals surface area contributed by atoms with Crippen molar-refractivity contribution in [2.45, 2.75) is 19.8 Å². The molecule has 1 N–H and O–H groups in total. The van der Waals surface area contributed by atoms with E-state index >= 15 is 0 Å². The number of para-hydroxylation sites is 1. The summed E-state index contributed by atoms with van der Waals surface area (Å²) in [7, 11) is 3.15. The van der Waals surface area contributed by atoms with Gasteiger partial charge in [-0.2, -0.15) is 0 Å². The van der Waals surface area contributed by atoms with Crippen molar-refractivity contribution in [3.63, 3.8) is 0 Å². The number of carbonyl (C=O) groups is 1. The molecule has 0 aliphatic rings. The van der Waals surface area contributed by atoms with Crippen LogP contribution in [0.4, 0.5) is 5.69 Å². The highest BCUT2D eigenvalue weighted by Gasteiger charge is 2.14. The lowest BCUT2D eigenvalue weighted by molar-refractivity contribution is -0.116. The Labute approximate surface area is 191 Å². The summed E-state index contributed by atoms with van der Waals surface area (Å²) in [5.41, 5.74) is 2.71. The van der Waals surface area contributed by atoms with Gasteiger partial charge in [0.2, 0.25) is 5.91 Å². The third-order valence-electron chi connectivity index (χ3n) is 5.46. The predicted octanol–water partition coefficient (Wildman–Crippen LogP) is 4.28. The van der Waals surface area contributed by atoms with Gasteiger partial charge in [0.05, 0.1) is 36.5 Å². The Bertz CT molecular complexity index is 1360. The van der Waals surface area contributed by atoms with Crippen LogP contribution >= 0.6 is 0 Å². The standard InChI is InChI=1S/C26H25N3O4/c1-17-27-22-7-5-4-6-21(22)26(31)29(17)19-11-14-23(24(16-19)33-3)28-25(30)15-10-18-8-12-20(32-2)13-9-18/h4-9,11-14,16H,10,15H2,1-3H3,(H,28,30). The van der Waals surface area contributed by atoms with Gasteiger partial charge in [0.15, 0.2) is 0 Å². The molecule has 0 spiro atoms. The molecular formula is C26H25N3O4. The Morgan fingerprint density at radius 3 is 2.48 bits per heavy atom. The number of methoxy groups -OCH3 is 2. The van der Waals surface area contributed by atoms with Gasteiger partial charge >= 0.3 is 0 Å². The topological polar surface area (TPSA) is 82.5 Å². The summed E-state index contributed by atoms with van der Waals surface area (Å²) in [4.78, 5) is 30.2. The molecule has 0 radical (unpaired) electrons.